The van der Waals surface area contributed by atoms with E-state index in [9.17, 15) is 4.79 Å². The number of nitrogens with zero attached hydrogens (tertiary/aromatic N) is 2. The van der Waals surface area contributed by atoms with Crippen LogP contribution in [0.1, 0.15) is 10.7 Å². The fourth-order valence-corrected chi connectivity index (χ4v) is 1.44. The largest absolute Gasteiger partial charge is 0.496 e. The summed E-state index contributed by atoms with van der Waals surface area (Å²) in [5.41, 5.74) is 0.635. The second-order valence-electron chi connectivity index (χ2n) is 3.17. The van der Waals surface area contributed by atoms with Crippen molar-refractivity contribution >= 4 is 17.4 Å². The molecular formula is C11H9ClN2O3. The first kappa shape index (κ1) is 11.6. The van der Waals surface area contributed by atoms with Crippen LogP contribution in [-0.4, -0.2) is 29.0 Å². The Hall–Kier alpha value is -1.88. The van der Waals surface area contributed by atoms with Crippen LogP contribution in [0.3, 0.4) is 0 Å². The van der Waals surface area contributed by atoms with Gasteiger partial charge >= 0.3 is 0 Å². The van der Waals surface area contributed by atoms with Gasteiger partial charge in [-0.3, -0.25) is 4.79 Å². The minimum Gasteiger partial charge on any atom is -0.496 e. The lowest BCUT2D eigenvalue weighted by Gasteiger charge is -2.02. The summed E-state index contributed by atoms with van der Waals surface area (Å²) in [7, 11) is 1.54. The maximum Gasteiger partial charge on any atom is 0.285 e. The van der Waals surface area contributed by atoms with E-state index in [4.69, 9.17) is 20.8 Å². The molecule has 0 saturated carbocycles. The Kier molecular flexibility index (Phi) is 3.39. The number of rotatable bonds is 4. The summed E-state index contributed by atoms with van der Waals surface area (Å²) in [5.74, 6) is 0.145. The van der Waals surface area contributed by atoms with E-state index in [2.05, 4.69) is 10.2 Å². The smallest absolute Gasteiger partial charge is 0.285 e. The predicted octanol–water partition coefficient (Wildman–Crippen LogP) is 2.17. The highest BCUT2D eigenvalue weighted by atomic mass is 35.5. The molecule has 0 aliphatic carbocycles. The summed E-state index contributed by atoms with van der Waals surface area (Å²) in [6.45, 7) is 0. The zero-order valence-electron chi connectivity index (χ0n) is 9.01. The van der Waals surface area contributed by atoms with Gasteiger partial charge in [0, 0.05) is 0 Å². The number of hydrogen-bond acceptors (Lipinski definition) is 5. The van der Waals surface area contributed by atoms with Crippen LogP contribution < -0.4 is 4.74 Å². The number of benzene rings is 1. The molecule has 0 fully saturated rings. The van der Waals surface area contributed by atoms with Crippen molar-refractivity contribution in [3.8, 4) is 17.2 Å². The zero-order chi connectivity index (χ0) is 12.3. The number of carbonyl (C=O) groups is 1. The molecule has 1 heterocycles. The van der Waals surface area contributed by atoms with Crippen molar-refractivity contribution < 1.29 is 13.9 Å². The van der Waals surface area contributed by atoms with Gasteiger partial charge in [-0.1, -0.05) is 12.1 Å². The van der Waals surface area contributed by atoms with Crippen molar-refractivity contribution in [2.75, 3.05) is 13.0 Å². The van der Waals surface area contributed by atoms with Crippen LogP contribution in [-0.2, 0) is 0 Å². The minimum atomic E-state index is -0.402. The standard InChI is InChI=1S/C11H9ClN2O3/c1-16-9-5-3-2-4-7(9)10-13-14-11(17-10)8(15)6-12/h2-5H,6H2,1H3. The van der Waals surface area contributed by atoms with E-state index in [-0.39, 0.29) is 17.7 Å². The molecule has 6 heteroatoms. The summed E-state index contributed by atoms with van der Waals surface area (Å²) in [6, 6.07) is 7.17. The molecule has 88 valence electrons. The summed E-state index contributed by atoms with van der Waals surface area (Å²) in [4.78, 5) is 11.3. The second-order valence-corrected chi connectivity index (χ2v) is 3.44. The number of aromatic nitrogens is 2. The Morgan fingerprint density at radius 1 is 1.41 bits per heavy atom. The molecule has 1 aromatic carbocycles. The highest BCUT2D eigenvalue weighted by Crippen LogP contribution is 2.28. The van der Waals surface area contributed by atoms with Crippen molar-refractivity contribution in [1.82, 2.24) is 10.2 Å². The van der Waals surface area contributed by atoms with Crippen LogP contribution >= 0.6 is 11.6 Å². The molecule has 2 aromatic rings. The van der Waals surface area contributed by atoms with Crippen LogP contribution in [0.2, 0.25) is 0 Å². The van der Waals surface area contributed by atoms with E-state index in [1.54, 1.807) is 19.2 Å². The van der Waals surface area contributed by atoms with Crippen molar-refractivity contribution in [2.24, 2.45) is 0 Å². The van der Waals surface area contributed by atoms with Gasteiger partial charge in [0.05, 0.1) is 18.6 Å². The van der Waals surface area contributed by atoms with Crippen LogP contribution in [0, 0.1) is 0 Å². The quantitative estimate of drug-likeness (QED) is 0.616. The van der Waals surface area contributed by atoms with Gasteiger partial charge in [-0.05, 0) is 12.1 Å². The van der Waals surface area contributed by atoms with E-state index in [1.165, 1.54) is 0 Å². The molecule has 0 aliphatic heterocycles. The minimum absolute atomic E-state index is 0.0964. The molecule has 1 aromatic heterocycles. The monoisotopic (exact) mass is 252 g/mol. The number of hydrogen-bond donors (Lipinski definition) is 0. The van der Waals surface area contributed by atoms with Gasteiger partial charge in [-0.2, -0.15) is 0 Å². The van der Waals surface area contributed by atoms with Crippen LogP contribution in [0.5, 0.6) is 5.75 Å². The molecule has 0 radical (unpaired) electrons. The lowest BCUT2D eigenvalue weighted by Crippen LogP contribution is -1.99. The molecule has 0 bridgehead atoms. The van der Waals surface area contributed by atoms with Crippen molar-refractivity contribution in [1.29, 1.82) is 0 Å². The molecule has 0 atom stereocenters. The number of alkyl halides is 1. The van der Waals surface area contributed by atoms with E-state index in [0.717, 1.165) is 0 Å². The summed E-state index contributed by atoms with van der Waals surface area (Å²) in [6.07, 6.45) is 0. The van der Waals surface area contributed by atoms with E-state index in [1.807, 2.05) is 12.1 Å². The summed E-state index contributed by atoms with van der Waals surface area (Å²) < 4.78 is 10.4. The molecule has 0 aliphatic rings. The number of carbonyl (C=O) groups excluding carboxylic acids is 1. The van der Waals surface area contributed by atoms with Crippen LogP contribution in [0.4, 0.5) is 0 Å². The third-order valence-electron chi connectivity index (χ3n) is 2.12. The molecule has 17 heavy (non-hydrogen) atoms. The van der Waals surface area contributed by atoms with Gasteiger partial charge < -0.3 is 9.15 Å². The third-order valence-corrected chi connectivity index (χ3v) is 2.37. The van der Waals surface area contributed by atoms with Crippen LogP contribution in [0.25, 0.3) is 11.5 Å². The normalized spacial score (nSPS) is 10.2. The maximum atomic E-state index is 11.3. The highest BCUT2D eigenvalue weighted by Gasteiger charge is 2.16. The van der Waals surface area contributed by atoms with Crippen molar-refractivity contribution in [3.05, 3.63) is 30.2 Å². The van der Waals surface area contributed by atoms with Crippen molar-refractivity contribution in [2.45, 2.75) is 0 Å². The topological polar surface area (TPSA) is 65.2 Å². The Morgan fingerprint density at radius 2 is 2.18 bits per heavy atom. The number of methoxy groups -OCH3 is 1. The molecule has 5 nitrogen and oxygen atoms in total. The average Bonchev–Trinajstić information content (AvgIpc) is 2.87. The van der Waals surface area contributed by atoms with Crippen LogP contribution in [0.15, 0.2) is 28.7 Å². The first-order valence-electron chi connectivity index (χ1n) is 4.82. The first-order valence-corrected chi connectivity index (χ1v) is 5.35. The molecule has 2 rings (SSSR count). The van der Waals surface area contributed by atoms with Gasteiger partial charge in [0.15, 0.2) is 0 Å². The number of ketones is 1. The lowest BCUT2D eigenvalue weighted by atomic mass is 10.2. The third kappa shape index (κ3) is 2.29. The Labute approximate surface area is 102 Å². The summed E-state index contributed by atoms with van der Waals surface area (Å²) in [5, 5.41) is 7.42. The molecule has 0 saturated heterocycles. The highest BCUT2D eigenvalue weighted by molar-refractivity contribution is 6.29. The Morgan fingerprint density at radius 3 is 2.88 bits per heavy atom. The average molecular weight is 253 g/mol. The molecule has 0 spiro atoms. The Bertz CT molecular complexity index is 539. The zero-order valence-corrected chi connectivity index (χ0v) is 9.77. The number of Topliss-reactive ketones (excluding diaryl/α,β-unsaturated/α-hetero) is 1. The fourth-order valence-electron chi connectivity index (χ4n) is 1.32. The fraction of sp³-hybridized carbons (Fsp3) is 0.182. The van der Waals surface area contributed by atoms with E-state index in [0.29, 0.717) is 11.3 Å². The van der Waals surface area contributed by atoms with Gasteiger partial charge in [0.25, 0.3) is 11.8 Å². The van der Waals surface area contributed by atoms with E-state index < -0.39 is 5.78 Å². The maximum absolute atomic E-state index is 11.3. The first-order chi connectivity index (χ1) is 8.26. The van der Waals surface area contributed by atoms with Gasteiger partial charge in [-0.15, -0.1) is 21.8 Å². The number of para-hydroxylation sites is 1. The van der Waals surface area contributed by atoms with Gasteiger partial charge in [-0.25, -0.2) is 0 Å². The predicted molar refractivity (Wildman–Crippen MR) is 61.3 cm³/mol. The van der Waals surface area contributed by atoms with Crippen molar-refractivity contribution in [3.63, 3.8) is 0 Å². The lowest BCUT2D eigenvalue weighted by molar-refractivity contribution is 0.0985. The molecule has 0 N–H and O–H groups in total. The molecule has 0 unspecified atom stereocenters. The number of halogens is 1. The molecular weight excluding hydrogens is 244 g/mol. The second kappa shape index (κ2) is 4.97. The molecule has 0 amide bonds. The Balaban J connectivity index is 2.40. The van der Waals surface area contributed by atoms with Gasteiger partial charge in [0.2, 0.25) is 5.78 Å². The summed E-state index contributed by atoms with van der Waals surface area (Å²) >= 11 is 5.40. The SMILES string of the molecule is COc1ccccc1-c1nnc(C(=O)CCl)o1. The van der Waals surface area contributed by atoms with Gasteiger partial charge in [0.1, 0.15) is 5.75 Å². The van der Waals surface area contributed by atoms with E-state index >= 15 is 0 Å². The number of ether oxygens (including phenoxy) is 1.